The van der Waals surface area contributed by atoms with Gasteiger partial charge in [-0.1, -0.05) is 170 Å². The van der Waals surface area contributed by atoms with Gasteiger partial charge in [0.05, 0.1) is 103 Å². The molecule has 4 aliphatic carbocycles. The van der Waals surface area contributed by atoms with Gasteiger partial charge in [-0.2, -0.15) is 0 Å². The highest BCUT2D eigenvalue weighted by atomic mass is 16.7. The number of amides is 4. The number of aryl methyl sites for hydroxylation is 4. The number of aliphatic hydroxyl groups is 8. The molecule has 4 fully saturated rings. The van der Waals surface area contributed by atoms with Crippen molar-refractivity contribution in [1.29, 1.82) is 0 Å². The van der Waals surface area contributed by atoms with Crippen molar-refractivity contribution in [3.05, 3.63) is 356 Å². The smallest absolute Gasteiger partial charge is 0.250 e. The number of hydrogen-bond acceptors (Lipinski definition) is 28. The van der Waals surface area contributed by atoms with Crippen molar-refractivity contribution in [2.45, 2.75) is 121 Å². The van der Waals surface area contributed by atoms with E-state index in [1.54, 1.807) is 97.1 Å². The number of nitrogens with one attached hydrogen (secondary N) is 4. The number of phenols is 4. The number of ether oxygens (including phenoxy) is 8. The van der Waals surface area contributed by atoms with Gasteiger partial charge in [0, 0.05) is 23.7 Å². The zero-order chi connectivity index (χ0) is 99.8. The number of aromatic hydroxyl groups is 4. The van der Waals surface area contributed by atoms with E-state index in [2.05, 4.69) is 21.9 Å². The molecule has 0 radical (unpaired) electrons. The maximum Gasteiger partial charge on any atom is 0.250 e. The minimum absolute atomic E-state index is 0.0288. The summed E-state index contributed by atoms with van der Waals surface area (Å²) in [4.78, 5) is 72.9. The largest absolute Gasteiger partial charge is 0.508 e. The summed E-state index contributed by atoms with van der Waals surface area (Å²) in [7, 11) is 11.1. The molecule has 0 unspecified atom stereocenters. The SMILES string of the molecule is CONC(=O)[C@@H]1[C@@H](O)[C@@]2(O)c3c(OC)cc(C)cc3O[C@@]2(c2ccc(O)cc2)[C@H]1c1ccccc1.CONC(=O)[C@@H]1[C@@H](c2ccccc2)[C@@]2(c3ccc(O)cc3)Oc3cc(C)cc(OC)c3[C@@]2(O)[C@H]1O.CONC(=O)[C@@H]1[C@H](O)[C@]2(O)c3c(OC)cc(C)cc3O[C@]2(c2ccc(O)cc2)[C@H]1c1ccccc1.CONC(=O)[C@H]1[C@@H](O)[C@@]2(O)c3c(OC)cc(C)cc3O[C@@]2(c2ccc(O)cc2)[C@@H]1c1ccccc1. The van der Waals surface area contributed by atoms with Crippen LogP contribution >= 0.6 is 0 Å². The van der Waals surface area contributed by atoms with Gasteiger partial charge in [0.1, 0.15) is 93.4 Å². The summed E-state index contributed by atoms with van der Waals surface area (Å²) in [5.74, 6) is -7.58. The lowest BCUT2D eigenvalue weighted by molar-refractivity contribution is -0.157. The average molecular weight is 1910 g/mol. The maximum absolute atomic E-state index is 13.3. The molecule has 8 aliphatic rings. The Morgan fingerprint density at radius 2 is 0.436 bits per heavy atom. The Balaban J connectivity index is 0.000000129. The van der Waals surface area contributed by atoms with Gasteiger partial charge in [-0.05, 0) is 192 Å². The highest BCUT2D eigenvalue weighted by molar-refractivity contribution is 5.86. The van der Waals surface area contributed by atoms with Crippen molar-refractivity contribution in [1.82, 2.24) is 21.9 Å². The first-order valence-electron chi connectivity index (χ1n) is 45.0. The molecule has 12 aromatic rings. The summed E-state index contributed by atoms with van der Waals surface area (Å²) in [5, 5.41) is 138. The first-order chi connectivity index (χ1) is 67.2. The molecule has 728 valence electrons. The Morgan fingerprint density at radius 1 is 0.264 bits per heavy atom. The van der Waals surface area contributed by atoms with E-state index in [0.29, 0.717) is 90.5 Å². The third kappa shape index (κ3) is 14.5. The number of hydrogen-bond donors (Lipinski definition) is 16. The predicted molar refractivity (Wildman–Crippen MR) is 503 cm³/mol. The number of fused-ring (bicyclic) bond motifs is 12. The van der Waals surface area contributed by atoms with Crippen LogP contribution in [-0.4, -0.2) is 166 Å². The van der Waals surface area contributed by atoms with E-state index >= 15 is 0 Å². The van der Waals surface area contributed by atoms with Crippen molar-refractivity contribution in [3.8, 4) is 69.0 Å². The van der Waals surface area contributed by atoms with E-state index in [1.807, 2.05) is 149 Å². The van der Waals surface area contributed by atoms with Gasteiger partial charge in [-0.25, -0.2) is 21.9 Å². The number of benzene rings is 12. The van der Waals surface area contributed by atoms with Gasteiger partial charge in [0.25, 0.3) is 0 Å². The highest BCUT2D eigenvalue weighted by Crippen LogP contribution is 2.75. The molecule has 4 amide bonds. The number of carbonyl (C=O) groups is 4. The summed E-state index contributed by atoms with van der Waals surface area (Å²) < 4.78 is 49.2. The number of rotatable bonds is 20. The summed E-state index contributed by atoms with van der Waals surface area (Å²) in [6, 6.07) is 75.5. The lowest BCUT2D eigenvalue weighted by Crippen LogP contribution is -2.52. The van der Waals surface area contributed by atoms with E-state index in [9.17, 15) is 80.5 Å². The van der Waals surface area contributed by atoms with Crippen molar-refractivity contribution in [3.63, 3.8) is 0 Å². The zero-order valence-corrected chi connectivity index (χ0v) is 78.2. The Bertz CT molecular complexity index is 5840. The van der Waals surface area contributed by atoms with Crippen molar-refractivity contribution in [2.75, 3.05) is 56.9 Å². The molecular weight excluding hydrogens is 1800 g/mol. The molecule has 4 heterocycles. The zero-order valence-electron chi connectivity index (χ0n) is 78.2. The monoisotopic (exact) mass is 1910 g/mol. The summed E-state index contributed by atoms with van der Waals surface area (Å²) in [5.41, 5.74) is 3.43. The molecule has 32 heteroatoms. The molecule has 20 atom stereocenters. The molecule has 32 nitrogen and oxygen atoms in total. The lowest BCUT2D eigenvalue weighted by Gasteiger charge is -2.40. The average Bonchev–Trinajstić information content (AvgIpc) is 1.51. The van der Waals surface area contributed by atoms with Crippen LogP contribution in [0.25, 0.3) is 0 Å². The van der Waals surface area contributed by atoms with Crippen LogP contribution in [0, 0.1) is 51.4 Å². The van der Waals surface area contributed by atoms with Crippen LogP contribution in [-0.2, 0) is 83.3 Å². The Hall–Kier alpha value is -14.4. The Labute approximate surface area is 805 Å². The van der Waals surface area contributed by atoms with Gasteiger partial charge in [0.2, 0.25) is 23.6 Å². The summed E-state index contributed by atoms with van der Waals surface area (Å²) in [6.07, 6.45) is -6.41. The second kappa shape index (κ2) is 37.4. The predicted octanol–water partition coefficient (Wildman–Crippen LogP) is 10.5. The minimum atomic E-state index is -2.09. The lowest BCUT2D eigenvalue weighted by atomic mass is 9.70. The Kier molecular flexibility index (Phi) is 26.0. The van der Waals surface area contributed by atoms with E-state index in [1.165, 1.54) is 105 Å². The van der Waals surface area contributed by atoms with E-state index in [4.69, 9.17) is 57.2 Å². The number of hydroxylamine groups is 4. The second-order valence-electron chi connectivity index (χ2n) is 36.1. The standard InChI is InChI=1S/4C27H27NO7/c4*1-15-13-19(33-2)23-20(14-15)35-27(17-9-11-18(29)12-10-17)22(16-7-5-4-6-8-16)21(25(31)28-34-3)24(30)26(23,27)32/h4*4-14,21-22,24,29-30,32H,1-3H3,(H,28,31)/t2*21-,22-,24+,26-,27-;2*21-,22-,24-,26+,27+/m1010/s1. The highest BCUT2D eigenvalue weighted by Gasteiger charge is 2.83. The van der Waals surface area contributed by atoms with Crippen LogP contribution in [0.4, 0.5) is 0 Å². The topological polar surface area (TPSA) is 470 Å². The van der Waals surface area contributed by atoms with Gasteiger partial charge in [-0.15, -0.1) is 0 Å². The molecule has 16 N–H and O–H groups in total. The summed E-state index contributed by atoms with van der Waals surface area (Å²) >= 11 is 0. The summed E-state index contributed by atoms with van der Waals surface area (Å²) in [6.45, 7) is 7.49. The number of methoxy groups -OCH3 is 4. The molecule has 0 bridgehead atoms. The van der Waals surface area contributed by atoms with Crippen LogP contribution in [0.3, 0.4) is 0 Å². The first kappa shape index (κ1) is 97.3. The van der Waals surface area contributed by atoms with Crippen LogP contribution < -0.4 is 59.8 Å². The first-order valence-corrected chi connectivity index (χ1v) is 45.0. The normalized spacial score (nSPS) is 28.7. The van der Waals surface area contributed by atoms with Crippen molar-refractivity contribution >= 4 is 23.6 Å². The van der Waals surface area contributed by atoms with E-state index in [0.717, 1.165) is 22.3 Å². The second-order valence-corrected chi connectivity index (χ2v) is 36.1. The quantitative estimate of drug-likeness (QED) is 0.0315. The van der Waals surface area contributed by atoms with Gasteiger partial charge in [0.15, 0.2) is 44.8 Å². The molecule has 0 saturated heterocycles. The molecule has 12 aromatic carbocycles. The number of phenolic OH excluding ortho intramolecular Hbond substituents is 4. The third-order valence-corrected chi connectivity index (χ3v) is 28.7. The molecule has 4 saturated carbocycles. The van der Waals surface area contributed by atoms with E-state index in [-0.39, 0.29) is 45.3 Å². The molecule has 20 rings (SSSR count). The van der Waals surface area contributed by atoms with E-state index < -0.39 is 140 Å². The van der Waals surface area contributed by atoms with Gasteiger partial charge in [-0.3, -0.25) is 38.5 Å². The van der Waals surface area contributed by atoms with Gasteiger partial charge >= 0.3 is 0 Å². The van der Waals surface area contributed by atoms with Crippen LogP contribution in [0.15, 0.2) is 267 Å². The van der Waals surface area contributed by atoms with Crippen LogP contribution in [0.5, 0.6) is 69.0 Å². The molecule has 0 aromatic heterocycles. The molecule has 0 spiro atoms. The fourth-order valence-electron chi connectivity index (χ4n) is 23.5. The maximum atomic E-state index is 13.3. The molecule has 140 heavy (non-hydrogen) atoms. The third-order valence-electron chi connectivity index (χ3n) is 28.7. The molecule has 4 aliphatic heterocycles. The number of carbonyl (C=O) groups excluding carboxylic acids is 4. The van der Waals surface area contributed by atoms with Gasteiger partial charge < -0.3 is 99.2 Å². The number of aliphatic hydroxyl groups excluding tert-OH is 4. The van der Waals surface area contributed by atoms with Crippen molar-refractivity contribution < 1.29 is 138 Å². The fourth-order valence-corrected chi connectivity index (χ4v) is 23.5. The van der Waals surface area contributed by atoms with Crippen LogP contribution in [0.2, 0.25) is 0 Å². The van der Waals surface area contributed by atoms with Crippen LogP contribution in [0.1, 0.15) is 113 Å². The minimum Gasteiger partial charge on any atom is -0.508 e. The molecular formula is C108H108N4O28. The van der Waals surface area contributed by atoms with Crippen molar-refractivity contribution in [2.24, 2.45) is 23.7 Å². The fraction of sp³-hybridized carbons (Fsp3) is 0.296. The Morgan fingerprint density at radius 3 is 0.593 bits per heavy atom.